The van der Waals surface area contributed by atoms with Crippen LogP contribution >= 0.6 is 35.0 Å². The number of aliphatic carboxylic acids is 1. The maximum atomic E-state index is 12.3. The normalized spacial score (nSPS) is 15.3. The Labute approximate surface area is 135 Å². The monoisotopic (exact) mass is 346 g/mol. The molecule has 0 bridgehead atoms. The molecule has 0 unspecified atom stereocenters. The van der Waals surface area contributed by atoms with Crippen LogP contribution in [0.25, 0.3) is 0 Å². The molecule has 0 spiro atoms. The number of hydrogen-bond acceptors (Lipinski definition) is 5. The predicted molar refractivity (Wildman–Crippen MR) is 78.8 cm³/mol. The van der Waals surface area contributed by atoms with Crippen molar-refractivity contribution in [3.05, 3.63) is 33.3 Å². The van der Waals surface area contributed by atoms with Crippen LogP contribution in [0.15, 0.2) is 12.1 Å². The first-order chi connectivity index (χ1) is 9.88. The van der Waals surface area contributed by atoms with E-state index in [0.717, 1.165) is 0 Å². The molecule has 21 heavy (non-hydrogen) atoms. The van der Waals surface area contributed by atoms with E-state index in [1.807, 2.05) is 0 Å². The third-order valence-corrected chi connectivity index (χ3v) is 4.50. The zero-order valence-electron chi connectivity index (χ0n) is 10.9. The van der Waals surface area contributed by atoms with E-state index in [1.165, 1.54) is 23.9 Å². The Morgan fingerprint density at radius 2 is 1.71 bits per heavy atom. The van der Waals surface area contributed by atoms with E-state index in [4.69, 9.17) is 23.2 Å². The summed E-state index contributed by atoms with van der Waals surface area (Å²) < 4.78 is 0. The van der Waals surface area contributed by atoms with Gasteiger partial charge in [0.05, 0.1) is 33.2 Å². The Balaban J connectivity index is 2.42. The third kappa shape index (κ3) is 2.88. The average molecular weight is 347 g/mol. The number of thioether (sulfide) groups is 1. The van der Waals surface area contributed by atoms with Gasteiger partial charge in [0.2, 0.25) is 0 Å². The van der Waals surface area contributed by atoms with E-state index in [-0.39, 0.29) is 27.6 Å². The van der Waals surface area contributed by atoms with Gasteiger partial charge in [0, 0.05) is 0 Å². The SMILES string of the molecule is CSCC[C@H](C(=O)[O-])N1C(=O)c2cc(Cl)c(Cl)cc2C1=O. The lowest BCUT2D eigenvalue weighted by Gasteiger charge is -2.26. The molecule has 0 aliphatic carbocycles. The highest BCUT2D eigenvalue weighted by atomic mass is 35.5. The fourth-order valence-electron chi connectivity index (χ4n) is 2.12. The number of carbonyl (C=O) groups is 3. The molecule has 0 aromatic heterocycles. The van der Waals surface area contributed by atoms with Crippen molar-refractivity contribution in [3.8, 4) is 0 Å². The van der Waals surface area contributed by atoms with Gasteiger partial charge in [0.1, 0.15) is 0 Å². The van der Waals surface area contributed by atoms with Gasteiger partial charge in [-0.1, -0.05) is 23.2 Å². The van der Waals surface area contributed by atoms with Gasteiger partial charge in [-0.3, -0.25) is 14.5 Å². The van der Waals surface area contributed by atoms with E-state index in [0.29, 0.717) is 10.7 Å². The molecule has 112 valence electrons. The molecule has 1 heterocycles. The number of carboxylic acids is 1. The Morgan fingerprint density at radius 1 is 1.24 bits per heavy atom. The minimum atomic E-state index is -1.46. The molecule has 0 fully saturated rings. The van der Waals surface area contributed by atoms with Crippen LogP contribution in [0.1, 0.15) is 27.1 Å². The lowest BCUT2D eigenvalue weighted by Crippen LogP contribution is -2.50. The number of nitrogens with zero attached hydrogens (tertiary/aromatic N) is 1. The van der Waals surface area contributed by atoms with Gasteiger partial charge < -0.3 is 9.90 Å². The number of fused-ring (bicyclic) bond motifs is 1. The van der Waals surface area contributed by atoms with Gasteiger partial charge in [-0.05, 0) is 30.6 Å². The van der Waals surface area contributed by atoms with Crippen LogP contribution in [0.4, 0.5) is 0 Å². The number of halogens is 2. The molecule has 1 aromatic rings. The first-order valence-corrected chi connectivity index (χ1v) is 8.10. The maximum Gasteiger partial charge on any atom is 0.262 e. The second-order valence-electron chi connectivity index (χ2n) is 4.41. The summed E-state index contributed by atoms with van der Waals surface area (Å²) in [4.78, 5) is 36.5. The molecular weight excluding hydrogens is 337 g/mol. The highest BCUT2D eigenvalue weighted by molar-refractivity contribution is 7.98. The summed E-state index contributed by atoms with van der Waals surface area (Å²) in [6, 6.07) is 1.25. The fraction of sp³-hybridized carbons (Fsp3) is 0.308. The average Bonchev–Trinajstić information content (AvgIpc) is 2.65. The summed E-state index contributed by atoms with van der Waals surface area (Å²) in [7, 11) is 0. The quantitative estimate of drug-likeness (QED) is 0.754. The minimum absolute atomic E-state index is 0.0600. The summed E-state index contributed by atoms with van der Waals surface area (Å²) in [5.41, 5.74) is 0.120. The van der Waals surface area contributed by atoms with E-state index < -0.39 is 23.8 Å². The molecule has 1 aliphatic rings. The number of rotatable bonds is 5. The van der Waals surface area contributed by atoms with Gasteiger partial charge >= 0.3 is 0 Å². The Hall–Kier alpha value is -1.24. The standard InChI is InChI=1S/C13H11Cl2NO4S/c1-21-3-2-10(13(19)20)16-11(17)6-4-8(14)9(15)5-7(6)12(16)18/h4-5,10H,2-3H2,1H3,(H,19,20)/p-1/t10-/m1/s1. The molecule has 1 atom stereocenters. The molecule has 0 N–H and O–H groups in total. The second-order valence-corrected chi connectivity index (χ2v) is 6.21. The lowest BCUT2D eigenvalue weighted by atomic mass is 10.1. The molecule has 0 saturated heterocycles. The van der Waals surface area contributed by atoms with Crippen molar-refractivity contribution < 1.29 is 19.5 Å². The van der Waals surface area contributed by atoms with Crippen molar-refractivity contribution in [2.75, 3.05) is 12.0 Å². The molecule has 0 radical (unpaired) electrons. The molecule has 1 aromatic carbocycles. The van der Waals surface area contributed by atoms with E-state index in [9.17, 15) is 19.5 Å². The number of imide groups is 1. The highest BCUT2D eigenvalue weighted by Crippen LogP contribution is 2.32. The maximum absolute atomic E-state index is 12.3. The van der Waals surface area contributed by atoms with Gasteiger partial charge in [-0.15, -0.1) is 0 Å². The molecule has 0 saturated carbocycles. The molecular formula is C13H10Cl2NO4S-. The van der Waals surface area contributed by atoms with E-state index in [2.05, 4.69) is 0 Å². The third-order valence-electron chi connectivity index (χ3n) is 3.14. The molecule has 1 aliphatic heterocycles. The Kier molecular flexibility index (Phi) is 4.81. The van der Waals surface area contributed by atoms with Crippen LogP contribution in [-0.4, -0.2) is 40.7 Å². The van der Waals surface area contributed by atoms with Crippen LogP contribution in [0, 0.1) is 0 Å². The smallest absolute Gasteiger partial charge is 0.262 e. The highest BCUT2D eigenvalue weighted by Gasteiger charge is 2.40. The van der Waals surface area contributed by atoms with Gasteiger partial charge in [0.15, 0.2) is 0 Å². The van der Waals surface area contributed by atoms with Crippen molar-refractivity contribution >= 4 is 52.7 Å². The number of amides is 2. The zero-order chi connectivity index (χ0) is 15.7. The minimum Gasteiger partial charge on any atom is -0.548 e. The van der Waals surface area contributed by atoms with Gasteiger partial charge in [-0.2, -0.15) is 11.8 Å². The second kappa shape index (κ2) is 6.25. The van der Waals surface area contributed by atoms with Crippen LogP contribution in [0.5, 0.6) is 0 Å². The molecule has 8 heteroatoms. The van der Waals surface area contributed by atoms with Crippen LogP contribution < -0.4 is 5.11 Å². The molecule has 5 nitrogen and oxygen atoms in total. The number of hydrogen-bond donors (Lipinski definition) is 0. The van der Waals surface area contributed by atoms with Crippen molar-refractivity contribution in [2.24, 2.45) is 0 Å². The molecule has 2 rings (SSSR count). The van der Waals surface area contributed by atoms with E-state index >= 15 is 0 Å². The predicted octanol–water partition coefficient (Wildman–Crippen LogP) is 1.46. The summed E-state index contributed by atoms with van der Waals surface area (Å²) in [5.74, 6) is -2.36. The number of carbonyl (C=O) groups excluding carboxylic acids is 3. The van der Waals surface area contributed by atoms with Gasteiger partial charge in [0.25, 0.3) is 11.8 Å². The first-order valence-electron chi connectivity index (χ1n) is 5.95. The van der Waals surface area contributed by atoms with E-state index in [1.54, 1.807) is 6.26 Å². The number of carboxylic acid groups (broad SMARTS) is 1. The summed E-state index contributed by atoms with van der Waals surface area (Å²) in [5, 5.41) is 11.5. The van der Waals surface area contributed by atoms with Crippen molar-refractivity contribution in [2.45, 2.75) is 12.5 Å². The topological polar surface area (TPSA) is 77.5 Å². The summed E-state index contributed by atoms with van der Waals surface area (Å²) in [6.45, 7) is 0. The summed E-state index contributed by atoms with van der Waals surface area (Å²) >= 11 is 13.1. The fourth-order valence-corrected chi connectivity index (χ4v) is 2.90. The molecule has 2 amide bonds. The largest absolute Gasteiger partial charge is 0.548 e. The Bertz CT molecular complexity index is 594. The van der Waals surface area contributed by atoms with Crippen molar-refractivity contribution in [3.63, 3.8) is 0 Å². The van der Waals surface area contributed by atoms with Crippen LogP contribution in [0.3, 0.4) is 0 Å². The Morgan fingerprint density at radius 3 is 2.10 bits per heavy atom. The summed E-state index contributed by atoms with van der Waals surface area (Å²) in [6.07, 6.45) is 1.92. The van der Waals surface area contributed by atoms with Crippen molar-refractivity contribution in [1.82, 2.24) is 4.90 Å². The first kappa shape index (κ1) is 16.1. The van der Waals surface area contributed by atoms with Gasteiger partial charge in [-0.25, -0.2) is 0 Å². The van der Waals surface area contributed by atoms with Crippen molar-refractivity contribution in [1.29, 1.82) is 0 Å². The van der Waals surface area contributed by atoms with Crippen LogP contribution in [0.2, 0.25) is 10.0 Å². The van der Waals surface area contributed by atoms with Crippen LogP contribution in [-0.2, 0) is 4.79 Å². The number of benzene rings is 1. The zero-order valence-corrected chi connectivity index (χ0v) is 13.2. The lowest BCUT2D eigenvalue weighted by molar-refractivity contribution is -0.310.